The lowest BCUT2D eigenvalue weighted by Gasteiger charge is -1.91. The molecule has 0 N–H and O–H groups in total. The van der Waals surface area contributed by atoms with Crippen molar-refractivity contribution in [2.45, 2.75) is 0 Å². The molecule has 0 saturated carbocycles. The van der Waals surface area contributed by atoms with Crippen LogP contribution in [0.2, 0.25) is 0 Å². The van der Waals surface area contributed by atoms with Crippen LogP contribution < -0.4 is 5.32 Å². The van der Waals surface area contributed by atoms with Crippen LogP contribution >= 0.6 is 0 Å². The Labute approximate surface area is 54.0 Å². The molecule has 0 amide bonds. The maximum absolute atomic E-state index is 4.06. The van der Waals surface area contributed by atoms with Gasteiger partial charge in [-0.3, -0.25) is 5.32 Å². The van der Waals surface area contributed by atoms with Gasteiger partial charge in [-0.25, -0.2) is 0 Å². The number of nitrogens with zero attached hydrogens (tertiary/aromatic N) is 1. The summed E-state index contributed by atoms with van der Waals surface area (Å²) in [5, 5.41) is 4.06. The summed E-state index contributed by atoms with van der Waals surface area (Å²) in [6.45, 7) is 0. The van der Waals surface area contributed by atoms with Crippen molar-refractivity contribution in [3.8, 4) is 0 Å². The molecule has 0 unspecified atom stereocenters. The zero-order valence-corrected chi connectivity index (χ0v) is 4.83. The molecular formula is C8H5N. The first-order chi connectivity index (χ1) is 4.47. The highest BCUT2D eigenvalue weighted by Crippen LogP contribution is 2.20. The molecule has 42 valence electrons. The van der Waals surface area contributed by atoms with Crippen LogP contribution in [0, 0.1) is 6.07 Å². The first kappa shape index (κ1) is 4.62. The van der Waals surface area contributed by atoms with E-state index < -0.39 is 0 Å². The molecule has 0 spiro atoms. The lowest BCUT2D eigenvalue weighted by molar-refractivity contribution is 1.21. The Hall–Kier alpha value is -1.24. The van der Waals surface area contributed by atoms with Gasteiger partial charge in [-0.2, -0.15) is 0 Å². The minimum atomic E-state index is 0.956. The molecule has 2 rings (SSSR count). The molecule has 0 fully saturated rings. The van der Waals surface area contributed by atoms with Gasteiger partial charge in [-0.1, -0.05) is 18.2 Å². The van der Waals surface area contributed by atoms with Crippen molar-refractivity contribution >= 4 is 11.8 Å². The maximum atomic E-state index is 4.06. The van der Waals surface area contributed by atoms with Crippen molar-refractivity contribution < 1.29 is 0 Å². The summed E-state index contributed by atoms with van der Waals surface area (Å²) >= 11 is 0. The largest absolute Gasteiger partial charge is 0.256 e. The molecule has 1 aliphatic heterocycles. The molecule has 2 radical (unpaired) electrons. The highest BCUT2D eigenvalue weighted by atomic mass is 14.9. The summed E-state index contributed by atoms with van der Waals surface area (Å²) in [6.07, 6.45) is 3.77. The van der Waals surface area contributed by atoms with Gasteiger partial charge in [0, 0.05) is 17.8 Å². The molecule has 9 heavy (non-hydrogen) atoms. The van der Waals surface area contributed by atoms with Crippen molar-refractivity contribution in [1.29, 1.82) is 0 Å². The van der Waals surface area contributed by atoms with Gasteiger partial charge in [-0.15, -0.1) is 0 Å². The quantitative estimate of drug-likeness (QED) is 0.488. The monoisotopic (exact) mass is 115 g/mol. The van der Waals surface area contributed by atoms with Crippen molar-refractivity contribution in [2.75, 3.05) is 0 Å². The smallest absolute Gasteiger partial charge is 0.0781 e. The minimum Gasteiger partial charge on any atom is -0.256 e. The molecule has 1 aromatic carbocycles. The van der Waals surface area contributed by atoms with E-state index in [1.165, 1.54) is 0 Å². The lowest BCUT2D eigenvalue weighted by Crippen LogP contribution is -1.79. The fourth-order valence-corrected chi connectivity index (χ4v) is 0.879. The number of benzene rings is 1. The second kappa shape index (κ2) is 1.62. The van der Waals surface area contributed by atoms with E-state index in [1.54, 1.807) is 6.20 Å². The third-order valence-electron chi connectivity index (χ3n) is 1.32. The van der Waals surface area contributed by atoms with Crippen LogP contribution in [0.25, 0.3) is 6.08 Å². The molecule has 0 aromatic heterocycles. The van der Waals surface area contributed by atoms with Crippen LogP contribution in [0.4, 0.5) is 5.69 Å². The van der Waals surface area contributed by atoms with Crippen LogP contribution in [0.1, 0.15) is 5.56 Å². The molecule has 1 heteroatoms. The van der Waals surface area contributed by atoms with Gasteiger partial charge in [0.1, 0.15) is 0 Å². The van der Waals surface area contributed by atoms with E-state index in [-0.39, 0.29) is 0 Å². The summed E-state index contributed by atoms with van der Waals surface area (Å²) in [6, 6.07) is 8.88. The number of hydrogen-bond acceptors (Lipinski definition) is 0. The second-order valence-electron chi connectivity index (χ2n) is 1.92. The standard InChI is InChI=1S/C8H5N/c1-2-4-8-7(3-1)5-6-9-8/h1-3,5-6H. The molecule has 1 aliphatic rings. The van der Waals surface area contributed by atoms with E-state index in [0.717, 1.165) is 11.3 Å². The molecule has 0 aliphatic carbocycles. The van der Waals surface area contributed by atoms with Gasteiger partial charge >= 0.3 is 0 Å². The SMILES string of the molecule is [c]1cccc2c1[N]C=C2. The minimum absolute atomic E-state index is 0.956. The fourth-order valence-electron chi connectivity index (χ4n) is 0.879. The zero-order chi connectivity index (χ0) is 6.10. The van der Waals surface area contributed by atoms with Gasteiger partial charge in [-0.05, 0) is 6.08 Å². The fraction of sp³-hybridized carbons (Fsp3) is 0. The lowest BCUT2D eigenvalue weighted by atomic mass is 10.2. The topological polar surface area (TPSA) is 14.1 Å². The third kappa shape index (κ3) is 0.617. The van der Waals surface area contributed by atoms with E-state index in [0.29, 0.717) is 0 Å². The van der Waals surface area contributed by atoms with E-state index in [9.17, 15) is 0 Å². The van der Waals surface area contributed by atoms with Crippen molar-refractivity contribution in [3.63, 3.8) is 0 Å². The Morgan fingerprint density at radius 1 is 1.44 bits per heavy atom. The van der Waals surface area contributed by atoms with Crippen molar-refractivity contribution in [3.05, 3.63) is 36.0 Å². The number of rotatable bonds is 0. The average Bonchev–Trinajstić information content (AvgIpc) is 2.33. The van der Waals surface area contributed by atoms with Gasteiger partial charge in [0.2, 0.25) is 0 Å². The van der Waals surface area contributed by atoms with Crippen molar-refractivity contribution in [1.82, 2.24) is 5.32 Å². The summed E-state index contributed by atoms with van der Waals surface area (Å²) in [7, 11) is 0. The van der Waals surface area contributed by atoms with E-state index >= 15 is 0 Å². The van der Waals surface area contributed by atoms with Crippen LogP contribution in [0.3, 0.4) is 0 Å². The van der Waals surface area contributed by atoms with E-state index in [1.807, 2.05) is 24.3 Å². The highest BCUT2D eigenvalue weighted by Gasteiger charge is 2.01. The van der Waals surface area contributed by atoms with E-state index in [2.05, 4.69) is 11.4 Å². The van der Waals surface area contributed by atoms with Crippen LogP contribution in [0.5, 0.6) is 0 Å². The number of para-hydroxylation sites is 1. The Bertz CT molecular complexity index is 250. The molecular weight excluding hydrogens is 110 g/mol. The number of fused-ring (bicyclic) bond motifs is 1. The van der Waals surface area contributed by atoms with E-state index in [4.69, 9.17) is 0 Å². The Morgan fingerprint density at radius 2 is 2.44 bits per heavy atom. The summed E-state index contributed by atoms with van der Waals surface area (Å²) in [4.78, 5) is 0. The Morgan fingerprint density at radius 3 is 3.33 bits per heavy atom. The zero-order valence-electron chi connectivity index (χ0n) is 4.83. The molecule has 0 atom stereocenters. The molecule has 0 saturated heterocycles. The first-order valence-electron chi connectivity index (χ1n) is 2.85. The van der Waals surface area contributed by atoms with Crippen molar-refractivity contribution in [2.24, 2.45) is 0 Å². The van der Waals surface area contributed by atoms with Gasteiger partial charge in [0.15, 0.2) is 0 Å². The van der Waals surface area contributed by atoms with Crippen LogP contribution in [-0.2, 0) is 0 Å². The second-order valence-corrected chi connectivity index (χ2v) is 1.92. The normalized spacial score (nSPS) is 12.9. The molecule has 1 nitrogen and oxygen atoms in total. The van der Waals surface area contributed by atoms with Crippen LogP contribution in [-0.4, -0.2) is 0 Å². The third-order valence-corrected chi connectivity index (χ3v) is 1.32. The molecule has 1 aromatic rings. The molecule has 1 heterocycles. The maximum Gasteiger partial charge on any atom is 0.0781 e. The summed E-state index contributed by atoms with van der Waals surface area (Å²) in [5.74, 6) is 0. The highest BCUT2D eigenvalue weighted by molar-refractivity contribution is 5.67. The predicted octanol–water partition coefficient (Wildman–Crippen LogP) is 1.71. The Balaban J connectivity index is 2.63. The predicted molar refractivity (Wildman–Crippen MR) is 36.1 cm³/mol. The van der Waals surface area contributed by atoms with Crippen LogP contribution in [0.15, 0.2) is 24.4 Å². The summed E-state index contributed by atoms with van der Waals surface area (Å²) in [5.41, 5.74) is 2.12. The Kier molecular flexibility index (Phi) is 0.833. The number of hydrogen-bond donors (Lipinski definition) is 0. The first-order valence-corrected chi connectivity index (χ1v) is 2.85. The van der Waals surface area contributed by atoms with Gasteiger partial charge in [0.25, 0.3) is 0 Å². The van der Waals surface area contributed by atoms with Gasteiger partial charge in [0.05, 0.1) is 5.69 Å². The average molecular weight is 115 g/mol. The van der Waals surface area contributed by atoms with Gasteiger partial charge < -0.3 is 0 Å². The molecule has 0 bridgehead atoms. The summed E-state index contributed by atoms with van der Waals surface area (Å²) < 4.78 is 0.